The summed E-state index contributed by atoms with van der Waals surface area (Å²) in [5, 5.41) is 16.9. The van der Waals surface area contributed by atoms with Crippen molar-refractivity contribution in [2.75, 3.05) is 26.7 Å². The third kappa shape index (κ3) is 10.6. The van der Waals surface area contributed by atoms with E-state index in [1.165, 1.54) is 7.11 Å². The number of hydrogen-bond donors (Lipinski definition) is 5. The van der Waals surface area contributed by atoms with Gasteiger partial charge in [0.05, 0.1) is 31.5 Å². The number of hydrogen-bond acceptors (Lipinski definition) is 8. The molecule has 0 aliphatic carbocycles. The molecule has 0 spiro atoms. The summed E-state index contributed by atoms with van der Waals surface area (Å²) in [6.07, 6.45) is -0.899. The molecule has 0 bridgehead atoms. The Labute approximate surface area is 277 Å². The van der Waals surface area contributed by atoms with E-state index >= 15 is 0 Å². The van der Waals surface area contributed by atoms with Gasteiger partial charge in [0.15, 0.2) is 0 Å². The Balaban J connectivity index is 1.73. The Bertz CT molecular complexity index is 1350. The van der Waals surface area contributed by atoms with E-state index in [2.05, 4.69) is 31.2 Å². The Hall–Kier alpha value is -4.23. The van der Waals surface area contributed by atoms with Gasteiger partial charge in [-0.2, -0.15) is 0 Å². The second kappa shape index (κ2) is 17.1. The van der Waals surface area contributed by atoms with Crippen molar-refractivity contribution in [3.63, 3.8) is 0 Å². The zero-order valence-electron chi connectivity index (χ0n) is 28.6. The van der Waals surface area contributed by atoms with Crippen LogP contribution in [0.2, 0.25) is 0 Å². The molecule has 2 heterocycles. The maximum Gasteiger partial charge on any atom is 0.407 e. The van der Waals surface area contributed by atoms with E-state index in [0.29, 0.717) is 32.5 Å². The van der Waals surface area contributed by atoms with Crippen molar-refractivity contribution in [1.82, 2.24) is 36.3 Å². The minimum atomic E-state index is -1.13. The standard InChI is InChI=1S/C34H51N7O6/c1-8-22(2)28(41-18-17-40(33(41)46)21-25-16-12-13-23(3)36-25)30(43)37-26(19-24-14-10-9-11-15-24)27(42)20-35-39-31(44)29(34(4,5)6)38-32(45)47-7/h9-16,22,26-29,35,42H,8,17-21H2,1-7H3,(H,37,43)(H,38,45)(H,39,44)/t22-,26-,27-,28-,29+/m0/s1. The first-order chi connectivity index (χ1) is 22.2. The molecule has 1 aromatic heterocycles. The summed E-state index contributed by atoms with van der Waals surface area (Å²) < 4.78 is 4.66. The number of ether oxygens (including phenoxy) is 1. The fraction of sp³-hybridized carbons (Fsp3) is 0.559. The van der Waals surface area contributed by atoms with Gasteiger partial charge in [0.2, 0.25) is 5.91 Å². The number of nitrogens with zero attached hydrogens (tertiary/aromatic N) is 3. The highest BCUT2D eigenvalue weighted by molar-refractivity contribution is 5.88. The first kappa shape index (κ1) is 37.2. The maximum atomic E-state index is 14.0. The molecule has 2 aromatic rings. The highest BCUT2D eigenvalue weighted by Crippen LogP contribution is 2.23. The van der Waals surface area contributed by atoms with Crippen molar-refractivity contribution < 1.29 is 29.0 Å². The summed E-state index contributed by atoms with van der Waals surface area (Å²) in [4.78, 5) is 60.2. The average molecular weight is 654 g/mol. The van der Waals surface area contributed by atoms with Gasteiger partial charge in [-0.25, -0.2) is 15.0 Å². The molecule has 5 N–H and O–H groups in total. The molecule has 1 fully saturated rings. The van der Waals surface area contributed by atoms with E-state index in [1.54, 1.807) is 30.6 Å². The molecule has 0 radical (unpaired) electrons. The number of urea groups is 1. The summed E-state index contributed by atoms with van der Waals surface area (Å²) in [5.74, 6) is -1.03. The van der Waals surface area contributed by atoms with Gasteiger partial charge in [0.1, 0.15) is 12.1 Å². The van der Waals surface area contributed by atoms with Crippen LogP contribution in [0.3, 0.4) is 0 Å². The molecule has 47 heavy (non-hydrogen) atoms. The lowest BCUT2D eigenvalue weighted by Crippen LogP contribution is -2.59. The zero-order valence-corrected chi connectivity index (χ0v) is 28.6. The molecule has 5 atom stereocenters. The number of alkyl carbamates (subject to hydrolysis) is 1. The molecule has 13 nitrogen and oxygen atoms in total. The van der Waals surface area contributed by atoms with Gasteiger partial charge < -0.3 is 30.3 Å². The molecule has 1 aliphatic rings. The molecule has 1 saturated heterocycles. The topological polar surface area (TPSA) is 165 Å². The SMILES string of the molecule is CC[C@H](C)[C@@H](C(=O)N[C@@H](Cc1ccccc1)[C@@H](O)CNNC(=O)[C@@H](NC(=O)OC)C(C)(C)C)N1CCN(Cc2cccc(C)n2)C1=O. The van der Waals surface area contributed by atoms with Gasteiger partial charge in [-0.15, -0.1) is 0 Å². The van der Waals surface area contributed by atoms with E-state index in [0.717, 1.165) is 17.0 Å². The second-order valence-corrected chi connectivity index (χ2v) is 13.2. The van der Waals surface area contributed by atoms with Crippen LogP contribution in [0.1, 0.15) is 58.0 Å². The summed E-state index contributed by atoms with van der Waals surface area (Å²) >= 11 is 0. The van der Waals surface area contributed by atoms with E-state index in [1.807, 2.05) is 69.3 Å². The Morgan fingerprint density at radius 1 is 1.02 bits per heavy atom. The van der Waals surface area contributed by atoms with Crippen molar-refractivity contribution in [3.05, 3.63) is 65.5 Å². The number of carbonyl (C=O) groups excluding carboxylic acids is 4. The number of pyridine rings is 1. The van der Waals surface area contributed by atoms with E-state index < -0.39 is 41.6 Å². The van der Waals surface area contributed by atoms with Crippen LogP contribution in [-0.2, 0) is 27.3 Å². The first-order valence-corrected chi connectivity index (χ1v) is 16.1. The molecule has 258 valence electrons. The lowest BCUT2D eigenvalue weighted by Gasteiger charge is -2.34. The molecular formula is C34H51N7O6. The van der Waals surface area contributed by atoms with Crippen molar-refractivity contribution in [1.29, 1.82) is 0 Å². The molecule has 0 saturated carbocycles. The van der Waals surface area contributed by atoms with E-state index in [-0.39, 0.29) is 24.4 Å². The molecular weight excluding hydrogens is 602 g/mol. The van der Waals surface area contributed by atoms with Gasteiger partial charge in [0.25, 0.3) is 5.91 Å². The maximum absolute atomic E-state index is 14.0. The molecule has 0 unspecified atom stereocenters. The van der Waals surface area contributed by atoms with Crippen molar-refractivity contribution >= 4 is 23.9 Å². The zero-order chi connectivity index (χ0) is 34.7. The number of aliphatic hydroxyl groups excluding tert-OH is 1. The van der Waals surface area contributed by atoms with E-state index in [9.17, 15) is 24.3 Å². The number of hydrazine groups is 1. The van der Waals surface area contributed by atoms with Crippen LogP contribution in [0.15, 0.2) is 48.5 Å². The Kier molecular flexibility index (Phi) is 13.5. The number of aromatic nitrogens is 1. The predicted octanol–water partition coefficient (Wildman–Crippen LogP) is 2.52. The molecule has 5 amide bonds. The van der Waals surface area contributed by atoms with Crippen LogP contribution in [0.5, 0.6) is 0 Å². The fourth-order valence-electron chi connectivity index (χ4n) is 5.55. The number of amides is 5. The fourth-order valence-corrected chi connectivity index (χ4v) is 5.55. The molecule has 3 rings (SSSR count). The van der Waals surface area contributed by atoms with Crippen LogP contribution in [0, 0.1) is 18.3 Å². The lowest BCUT2D eigenvalue weighted by atomic mass is 9.86. The second-order valence-electron chi connectivity index (χ2n) is 13.2. The number of methoxy groups -OCH3 is 1. The number of aliphatic hydroxyl groups is 1. The number of benzene rings is 1. The van der Waals surface area contributed by atoms with Crippen LogP contribution in [-0.4, -0.2) is 94.8 Å². The third-order valence-electron chi connectivity index (χ3n) is 8.40. The quantitative estimate of drug-likeness (QED) is 0.183. The highest BCUT2D eigenvalue weighted by atomic mass is 16.5. The summed E-state index contributed by atoms with van der Waals surface area (Å²) in [6, 6.07) is 12.5. The predicted molar refractivity (Wildman–Crippen MR) is 178 cm³/mol. The highest BCUT2D eigenvalue weighted by Gasteiger charge is 2.41. The minimum Gasteiger partial charge on any atom is -0.453 e. The summed E-state index contributed by atoms with van der Waals surface area (Å²) in [7, 11) is 1.22. The van der Waals surface area contributed by atoms with Crippen molar-refractivity contribution in [2.45, 2.75) is 85.2 Å². The van der Waals surface area contributed by atoms with Gasteiger partial charge in [0, 0.05) is 25.3 Å². The van der Waals surface area contributed by atoms with Gasteiger partial charge in [-0.05, 0) is 42.4 Å². The van der Waals surface area contributed by atoms with Crippen LogP contribution in [0.25, 0.3) is 0 Å². The summed E-state index contributed by atoms with van der Waals surface area (Å²) in [6.45, 7) is 12.3. The minimum absolute atomic E-state index is 0.105. The Morgan fingerprint density at radius 3 is 2.34 bits per heavy atom. The van der Waals surface area contributed by atoms with E-state index in [4.69, 9.17) is 0 Å². The Morgan fingerprint density at radius 2 is 1.72 bits per heavy atom. The number of nitrogens with one attached hydrogen (secondary N) is 4. The van der Waals surface area contributed by atoms with Gasteiger partial charge >= 0.3 is 12.1 Å². The third-order valence-corrected chi connectivity index (χ3v) is 8.40. The lowest BCUT2D eigenvalue weighted by molar-refractivity contribution is -0.129. The van der Waals surface area contributed by atoms with Crippen LogP contribution >= 0.6 is 0 Å². The monoisotopic (exact) mass is 653 g/mol. The van der Waals surface area contributed by atoms with Crippen molar-refractivity contribution in [2.24, 2.45) is 11.3 Å². The van der Waals surface area contributed by atoms with Crippen LogP contribution in [0.4, 0.5) is 9.59 Å². The average Bonchev–Trinajstić information content (AvgIpc) is 3.37. The first-order valence-electron chi connectivity index (χ1n) is 16.1. The normalized spacial score (nSPS) is 16.6. The number of rotatable bonds is 15. The number of carbonyl (C=O) groups is 4. The molecule has 1 aromatic carbocycles. The molecule has 13 heteroatoms. The number of aryl methyl sites for hydroxylation is 1. The largest absolute Gasteiger partial charge is 0.453 e. The van der Waals surface area contributed by atoms with Gasteiger partial charge in [-0.1, -0.05) is 77.4 Å². The van der Waals surface area contributed by atoms with Crippen LogP contribution < -0.4 is 21.5 Å². The molecule has 1 aliphatic heterocycles. The van der Waals surface area contributed by atoms with Crippen molar-refractivity contribution in [3.8, 4) is 0 Å². The smallest absolute Gasteiger partial charge is 0.407 e. The summed E-state index contributed by atoms with van der Waals surface area (Å²) in [5.41, 5.74) is 7.22. The van der Waals surface area contributed by atoms with Gasteiger partial charge in [-0.3, -0.25) is 20.0 Å².